The van der Waals surface area contributed by atoms with Crippen molar-refractivity contribution in [1.82, 2.24) is 10.3 Å². The lowest BCUT2D eigenvalue weighted by molar-refractivity contribution is 0.461. The first-order chi connectivity index (χ1) is 6.77. The van der Waals surface area contributed by atoms with E-state index >= 15 is 0 Å². The molecule has 1 aromatic rings. The van der Waals surface area contributed by atoms with Gasteiger partial charge in [0.15, 0.2) is 0 Å². The summed E-state index contributed by atoms with van der Waals surface area (Å²) in [4.78, 5) is 4.14. The van der Waals surface area contributed by atoms with Crippen molar-refractivity contribution in [2.75, 3.05) is 13.1 Å². The second kappa shape index (κ2) is 4.60. The number of rotatable bonds is 1. The molecule has 1 unspecified atom stereocenters. The topological polar surface area (TPSA) is 24.9 Å². The molecule has 4 heteroatoms. The lowest BCUT2D eigenvalue weighted by Gasteiger charge is -2.22. The lowest BCUT2D eigenvalue weighted by Crippen LogP contribution is -2.28. The zero-order valence-electron chi connectivity index (χ0n) is 7.76. The number of aromatic nitrogens is 1. The van der Waals surface area contributed by atoms with Gasteiger partial charge in [0.25, 0.3) is 0 Å². The Labute approximate surface area is 97.2 Å². The first-order valence-corrected chi connectivity index (χ1v) is 5.96. The van der Waals surface area contributed by atoms with E-state index in [0.717, 1.165) is 17.6 Å². The summed E-state index contributed by atoms with van der Waals surface area (Å²) in [6.45, 7) is 2.19. The van der Waals surface area contributed by atoms with E-state index in [1.165, 1.54) is 18.4 Å². The summed E-state index contributed by atoms with van der Waals surface area (Å²) in [6.07, 6.45) is 4.36. The average molecular weight is 276 g/mol. The number of halogens is 2. The second-order valence-corrected chi connectivity index (χ2v) is 4.80. The molecular formula is C10H12BrClN2. The highest BCUT2D eigenvalue weighted by atomic mass is 79.9. The molecule has 1 aromatic heterocycles. The highest BCUT2D eigenvalue weighted by Crippen LogP contribution is 2.27. The SMILES string of the molecule is Clc1ncc(C2CCCNC2)cc1Br. The summed E-state index contributed by atoms with van der Waals surface area (Å²) in [5.41, 5.74) is 1.27. The molecule has 1 aliphatic heterocycles. The van der Waals surface area contributed by atoms with E-state index in [2.05, 4.69) is 32.3 Å². The van der Waals surface area contributed by atoms with Crippen LogP contribution in [0.25, 0.3) is 0 Å². The third kappa shape index (κ3) is 2.27. The Morgan fingerprint density at radius 2 is 2.43 bits per heavy atom. The molecule has 1 aliphatic rings. The molecule has 14 heavy (non-hydrogen) atoms. The van der Waals surface area contributed by atoms with Crippen LogP contribution in [0.4, 0.5) is 0 Å². The van der Waals surface area contributed by atoms with Gasteiger partial charge in [-0.25, -0.2) is 4.98 Å². The third-order valence-corrected chi connectivity index (χ3v) is 3.72. The smallest absolute Gasteiger partial charge is 0.143 e. The highest BCUT2D eigenvalue weighted by Gasteiger charge is 2.16. The van der Waals surface area contributed by atoms with Crippen molar-refractivity contribution in [1.29, 1.82) is 0 Å². The fourth-order valence-electron chi connectivity index (χ4n) is 1.80. The maximum absolute atomic E-state index is 5.85. The van der Waals surface area contributed by atoms with Crippen LogP contribution in [-0.4, -0.2) is 18.1 Å². The molecule has 0 aliphatic carbocycles. The van der Waals surface area contributed by atoms with Gasteiger partial charge in [-0.2, -0.15) is 0 Å². The van der Waals surface area contributed by atoms with Gasteiger partial charge in [0.05, 0.1) is 4.47 Å². The molecule has 1 fully saturated rings. The lowest BCUT2D eigenvalue weighted by atomic mass is 9.93. The molecule has 0 aromatic carbocycles. The minimum absolute atomic E-state index is 0.539. The minimum atomic E-state index is 0.539. The molecule has 2 nitrogen and oxygen atoms in total. The number of nitrogens with one attached hydrogen (secondary N) is 1. The van der Waals surface area contributed by atoms with E-state index in [4.69, 9.17) is 11.6 Å². The molecule has 0 saturated carbocycles. The van der Waals surface area contributed by atoms with Crippen LogP contribution in [-0.2, 0) is 0 Å². The number of hydrogen-bond donors (Lipinski definition) is 1. The maximum atomic E-state index is 5.85. The number of hydrogen-bond acceptors (Lipinski definition) is 2. The van der Waals surface area contributed by atoms with Gasteiger partial charge in [0.1, 0.15) is 5.15 Å². The molecule has 0 spiro atoms. The van der Waals surface area contributed by atoms with Crippen molar-refractivity contribution < 1.29 is 0 Å². The van der Waals surface area contributed by atoms with Crippen molar-refractivity contribution in [2.24, 2.45) is 0 Å². The van der Waals surface area contributed by atoms with Crippen LogP contribution in [0.5, 0.6) is 0 Å². The van der Waals surface area contributed by atoms with E-state index in [1.807, 2.05) is 6.20 Å². The maximum Gasteiger partial charge on any atom is 0.143 e. The molecule has 1 atom stereocenters. The van der Waals surface area contributed by atoms with Crippen LogP contribution in [0.3, 0.4) is 0 Å². The zero-order chi connectivity index (χ0) is 9.97. The van der Waals surface area contributed by atoms with Gasteiger partial charge in [0.2, 0.25) is 0 Å². The summed E-state index contributed by atoms with van der Waals surface area (Å²) in [5.74, 6) is 0.588. The van der Waals surface area contributed by atoms with Gasteiger partial charge in [-0.15, -0.1) is 0 Å². The van der Waals surface area contributed by atoms with Crippen molar-refractivity contribution in [3.05, 3.63) is 27.5 Å². The summed E-state index contributed by atoms with van der Waals surface area (Å²) in [5, 5.41) is 3.93. The zero-order valence-corrected chi connectivity index (χ0v) is 10.1. The third-order valence-electron chi connectivity index (χ3n) is 2.59. The standard InChI is InChI=1S/C10H12BrClN2/c11-9-4-8(6-14-10(9)12)7-2-1-3-13-5-7/h4,6-7,13H,1-3,5H2. The van der Waals surface area contributed by atoms with Gasteiger partial charge in [-0.3, -0.25) is 0 Å². The van der Waals surface area contributed by atoms with E-state index in [-0.39, 0.29) is 0 Å². The summed E-state index contributed by atoms with van der Waals surface area (Å²) >= 11 is 9.24. The summed E-state index contributed by atoms with van der Waals surface area (Å²) < 4.78 is 0.891. The predicted molar refractivity (Wildman–Crippen MR) is 61.8 cm³/mol. The fourth-order valence-corrected chi connectivity index (χ4v) is 2.27. The number of nitrogens with zero attached hydrogens (tertiary/aromatic N) is 1. The predicted octanol–water partition coefficient (Wildman–Crippen LogP) is 2.96. The Morgan fingerprint density at radius 3 is 3.07 bits per heavy atom. The Balaban J connectivity index is 2.18. The van der Waals surface area contributed by atoms with Crippen LogP contribution in [0.2, 0.25) is 5.15 Å². The van der Waals surface area contributed by atoms with Crippen LogP contribution in [0.15, 0.2) is 16.7 Å². The monoisotopic (exact) mass is 274 g/mol. The van der Waals surface area contributed by atoms with Crippen LogP contribution >= 0.6 is 27.5 Å². The quantitative estimate of drug-likeness (QED) is 0.797. The molecule has 0 amide bonds. The minimum Gasteiger partial charge on any atom is -0.316 e. The Morgan fingerprint density at radius 1 is 1.57 bits per heavy atom. The normalized spacial score (nSPS) is 22.3. The van der Waals surface area contributed by atoms with E-state index in [0.29, 0.717) is 11.1 Å². The molecule has 1 N–H and O–H groups in total. The average Bonchev–Trinajstić information content (AvgIpc) is 2.23. The van der Waals surface area contributed by atoms with Crippen LogP contribution in [0.1, 0.15) is 24.3 Å². The van der Waals surface area contributed by atoms with Crippen molar-refractivity contribution in [3.8, 4) is 0 Å². The largest absolute Gasteiger partial charge is 0.316 e. The fraction of sp³-hybridized carbons (Fsp3) is 0.500. The molecular weight excluding hydrogens is 263 g/mol. The Bertz CT molecular complexity index is 324. The summed E-state index contributed by atoms with van der Waals surface area (Å²) in [7, 11) is 0. The Hall–Kier alpha value is -0.120. The van der Waals surface area contributed by atoms with Crippen molar-refractivity contribution in [2.45, 2.75) is 18.8 Å². The first kappa shape index (κ1) is 10.4. The molecule has 2 heterocycles. The first-order valence-electron chi connectivity index (χ1n) is 4.79. The molecule has 0 radical (unpaired) electrons. The van der Waals surface area contributed by atoms with Gasteiger partial charge in [0, 0.05) is 12.7 Å². The van der Waals surface area contributed by atoms with E-state index < -0.39 is 0 Å². The van der Waals surface area contributed by atoms with E-state index in [1.54, 1.807) is 0 Å². The van der Waals surface area contributed by atoms with Gasteiger partial charge >= 0.3 is 0 Å². The van der Waals surface area contributed by atoms with Gasteiger partial charge in [-0.1, -0.05) is 11.6 Å². The summed E-state index contributed by atoms with van der Waals surface area (Å²) in [6, 6.07) is 2.08. The number of piperidine rings is 1. The molecule has 76 valence electrons. The molecule has 0 bridgehead atoms. The van der Waals surface area contributed by atoms with Gasteiger partial charge in [-0.05, 0) is 52.9 Å². The van der Waals surface area contributed by atoms with Crippen LogP contribution < -0.4 is 5.32 Å². The molecule has 1 saturated heterocycles. The van der Waals surface area contributed by atoms with Crippen molar-refractivity contribution in [3.63, 3.8) is 0 Å². The highest BCUT2D eigenvalue weighted by molar-refractivity contribution is 9.10. The van der Waals surface area contributed by atoms with Crippen LogP contribution in [0, 0.1) is 0 Å². The van der Waals surface area contributed by atoms with Crippen molar-refractivity contribution >= 4 is 27.5 Å². The van der Waals surface area contributed by atoms with Gasteiger partial charge < -0.3 is 5.32 Å². The van der Waals surface area contributed by atoms with E-state index in [9.17, 15) is 0 Å². The Kier molecular flexibility index (Phi) is 3.42. The molecule has 2 rings (SSSR count). The second-order valence-electron chi connectivity index (χ2n) is 3.58. The number of pyridine rings is 1.